The van der Waals surface area contributed by atoms with E-state index >= 15 is 0 Å². The smallest absolute Gasteiger partial charge is 0.188 e. The molecule has 0 saturated carbocycles. The van der Waals surface area contributed by atoms with Crippen LogP contribution in [0.2, 0.25) is 0 Å². The summed E-state index contributed by atoms with van der Waals surface area (Å²) in [6, 6.07) is 6.36. The highest BCUT2D eigenvalue weighted by Gasteiger charge is 2.10. The van der Waals surface area contributed by atoms with Crippen molar-refractivity contribution in [2.45, 2.75) is 32.8 Å². The van der Waals surface area contributed by atoms with Crippen molar-refractivity contribution in [3.05, 3.63) is 30.1 Å². The molecule has 1 aromatic rings. The largest absolute Gasteiger partial charge is 0.485 e. The summed E-state index contributed by atoms with van der Waals surface area (Å²) < 4.78 is 19.0. The van der Waals surface area contributed by atoms with Crippen molar-refractivity contribution >= 4 is 29.9 Å². The lowest BCUT2D eigenvalue weighted by Gasteiger charge is -2.16. The molecule has 114 valence electrons. The van der Waals surface area contributed by atoms with E-state index in [2.05, 4.69) is 17.2 Å². The highest BCUT2D eigenvalue weighted by molar-refractivity contribution is 14.0. The molecule has 0 aliphatic carbocycles. The maximum absolute atomic E-state index is 13.5. The van der Waals surface area contributed by atoms with Crippen molar-refractivity contribution in [1.82, 2.24) is 5.32 Å². The maximum atomic E-state index is 13.5. The molecule has 1 unspecified atom stereocenters. The minimum absolute atomic E-state index is 0. The molecule has 0 saturated heterocycles. The molecule has 0 aliphatic rings. The maximum Gasteiger partial charge on any atom is 0.188 e. The fraction of sp³-hybridized carbons (Fsp3) is 0.500. The number of hydrogen-bond acceptors (Lipinski definition) is 2. The zero-order chi connectivity index (χ0) is 14.1. The summed E-state index contributed by atoms with van der Waals surface area (Å²) in [6.45, 7) is 5.22. The normalized spacial score (nSPS) is 12.4. The molecule has 3 N–H and O–H groups in total. The van der Waals surface area contributed by atoms with Gasteiger partial charge in [0.2, 0.25) is 0 Å². The molecule has 0 aliphatic heterocycles. The van der Waals surface area contributed by atoms with Crippen LogP contribution in [0.5, 0.6) is 5.75 Å². The Balaban J connectivity index is 0.00000361. The summed E-state index contributed by atoms with van der Waals surface area (Å²) in [5.41, 5.74) is 5.70. The second kappa shape index (κ2) is 10.7. The molecule has 0 heterocycles. The zero-order valence-corrected chi connectivity index (χ0v) is 14.3. The first-order valence-electron chi connectivity index (χ1n) is 6.62. The molecule has 0 bridgehead atoms. The van der Waals surface area contributed by atoms with Crippen LogP contribution in [0.15, 0.2) is 29.3 Å². The van der Waals surface area contributed by atoms with Crippen molar-refractivity contribution in [3.8, 4) is 5.75 Å². The van der Waals surface area contributed by atoms with Gasteiger partial charge < -0.3 is 15.8 Å². The van der Waals surface area contributed by atoms with Crippen LogP contribution < -0.4 is 15.8 Å². The van der Waals surface area contributed by atoms with Gasteiger partial charge in [0, 0.05) is 6.54 Å². The van der Waals surface area contributed by atoms with E-state index in [1.54, 1.807) is 18.2 Å². The van der Waals surface area contributed by atoms with E-state index in [-0.39, 0.29) is 41.6 Å². The van der Waals surface area contributed by atoms with Crippen LogP contribution in [-0.2, 0) is 0 Å². The van der Waals surface area contributed by atoms with Gasteiger partial charge in [0.15, 0.2) is 17.5 Å². The van der Waals surface area contributed by atoms with Gasteiger partial charge in [0.1, 0.15) is 6.10 Å². The summed E-state index contributed by atoms with van der Waals surface area (Å²) in [5.74, 6) is 0.295. The van der Waals surface area contributed by atoms with Gasteiger partial charge in [-0.1, -0.05) is 26.0 Å². The molecule has 1 rings (SSSR count). The number of nitrogens with two attached hydrogens (primary N) is 1. The van der Waals surface area contributed by atoms with Crippen molar-refractivity contribution in [2.24, 2.45) is 10.7 Å². The van der Waals surface area contributed by atoms with Crippen molar-refractivity contribution in [1.29, 1.82) is 0 Å². The third-order valence-corrected chi connectivity index (χ3v) is 2.61. The number of hydrogen-bond donors (Lipinski definition) is 2. The molecular formula is C14H23FIN3O. The Hall–Kier alpha value is -1.05. The number of guanidine groups is 1. The van der Waals surface area contributed by atoms with Crippen LogP contribution in [0.1, 0.15) is 26.7 Å². The minimum atomic E-state index is -0.359. The molecule has 1 atom stereocenters. The quantitative estimate of drug-likeness (QED) is 0.424. The summed E-state index contributed by atoms with van der Waals surface area (Å²) in [4.78, 5) is 4.19. The zero-order valence-electron chi connectivity index (χ0n) is 11.9. The van der Waals surface area contributed by atoms with Gasteiger partial charge in [0.25, 0.3) is 0 Å². The Morgan fingerprint density at radius 1 is 1.40 bits per heavy atom. The number of nitrogens with one attached hydrogen (secondary N) is 1. The Bertz CT molecular complexity index is 415. The molecule has 6 heteroatoms. The third-order valence-electron chi connectivity index (χ3n) is 2.61. The Morgan fingerprint density at radius 2 is 2.10 bits per heavy atom. The van der Waals surface area contributed by atoms with Crippen molar-refractivity contribution in [3.63, 3.8) is 0 Å². The summed E-state index contributed by atoms with van der Waals surface area (Å²) in [7, 11) is 0. The molecule has 0 radical (unpaired) electrons. The summed E-state index contributed by atoms with van der Waals surface area (Å²) in [5, 5.41) is 2.99. The van der Waals surface area contributed by atoms with Gasteiger partial charge in [-0.15, -0.1) is 24.0 Å². The van der Waals surface area contributed by atoms with E-state index in [4.69, 9.17) is 10.5 Å². The number of halogens is 2. The summed E-state index contributed by atoms with van der Waals surface area (Å²) in [6.07, 6.45) is 1.54. The van der Waals surface area contributed by atoms with Crippen LogP contribution >= 0.6 is 24.0 Å². The predicted octanol–water partition coefficient (Wildman–Crippen LogP) is 2.92. The summed E-state index contributed by atoms with van der Waals surface area (Å²) >= 11 is 0. The second-order valence-electron chi connectivity index (χ2n) is 4.23. The SMILES string of the molecule is CCCNC(N)=NCC(CC)Oc1ccccc1F.I. The Kier molecular flexibility index (Phi) is 10.1. The first-order valence-corrected chi connectivity index (χ1v) is 6.62. The van der Waals surface area contributed by atoms with Gasteiger partial charge in [-0.3, -0.25) is 0 Å². The predicted molar refractivity (Wildman–Crippen MR) is 91.3 cm³/mol. The molecular weight excluding hydrogens is 372 g/mol. The average Bonchev–Trinajstić information content (AvgIpc) is 2.43. The second-order valence-corrected chi connectivity index (χ2v) is 4.23. The van der Waals surface area contributed by atoms with Gasteiger partial charge >= 0.3 is 0 Å². The van der Waals surface area contributed by atoms with E-state index < -0.39 is 0 Å². The fourth-order valence-corrected chi connectivity index (χ4v) is 1.48. The highest BCUT2D eigenvalue weighted by atomic mass is 127. The molecule has 0 fully saturated rings. The topological polar surface area (TPSA) is 59.6 Å². The molecule has 0 aromatic heterocycles. The fourth-order valence-electron chi connectivity index (χ4n) is 1.48. The van der Waals surface area contributed by atoms with Crippen LogP contribution in [0.4, 0.5) is 4.39 Å². The van der Waals surface area contributed by atoms with E-state index in [1.165, 1.54) is 6.07 Å². The molecule has 0 spiro atoms. The Labute approximate surface area is 137 Å². The number of ether oxygens (including phenoxy) is 1. The van der Waals surface area contributed by atoms with Gasteiger partial charge in [-0.05, 0) is 25.0 Å². The van der Waals surface area contributed by atoms with Crippen LogP contribution in [-0.4, -0.2) is 25.2 Å². The van der Waals surface area contributed by atoms with E-state index in [1.807, 2.05) is 6.92 Å². The van der Waals surface area contributed by atoms with Crippen LogP contribution in [0.3, 0.4) is 0 Å². The van der Waals surface area contributed by atoms with Gasteiger partial charge in [-0.25, -0.2) is 9.38 Å². The van der Waals surface area contributed by atoms with Crippen LogP contribution in [0, 0.1) is 5.82 Å². The van der Waals surface area contributed by atoms with Crippen molar-refractivity contribution < 1.29 is 9.13 Å². The average molecular weight is 395 g/mol. The minimum Gasteiger partial charge on any atom is -0.485 e. The number of rotatable bonds is 7. The van der Waals surface area contributed by atoms with Crippen LogP contribution in [0.25, 0.3) is 0 Å². The van der Waals surface area contributed by atoms with E-state index in [0.717, 1.165) is 19.4 Å². The van der Waals surface area contributed by atoms with Gasteiger partial charge in [-0.2, -0.15) is 0 Å². The highest BCUT2D eigenvalue weighted by Crippen LogP contribution is 2.18. The lowest BCUT2D eigenvalue weighted by Crippen LogP contribution is -2.33. The first-order chi connectivity index (χ1) is 9.17. The number of para-hydroxylation sites is 1. The number of aliphatic imine (C=N–C) groups is 1. The van der Waals surface area contributed by atoms with E-state index in [0.29, 0.717) is 12.5 Å². The van der Waals surface area contributed by atoms with Gasteiger partial charge in [0.05, 0.1) is 6.54 Å². The molecule has 0 amide bonds. The monoisotopic (exact) mass is 395 g/mol. The van der Waals surface area contributed by atoms with E-state index in [9.17, 15) is 4.39 Å². The molecule has 1 aromatic carbocycles. The number of nitrogens with zero attached hydrogens (tertiary/aromatic N) is 1. The third kappa shape index (κ3) is 6.93. The lowest BCUT2D eigenvalue weighted by molar-refractivity contribution is 0.197. The first kappa shape index (κ1) is 18.9. The van der Waals surface area contributed by atoms with Crippen molar-refractivity contribution in [2.75, 3.05) is 13.1 Å². The molecule has 20 heavy (non-hydrogen) atoms. The lowest BCUT2D eigenvalue weighted by atomic mass is 10.2. The number of benzene rings is 1. The Morgan fingerprint density at radius 3 is 2.70 bits per heavy atom. The molecule has 4 nitrogen and oxygen atoms in total. The standard InChI is InChI=1S/C14H22FN3O.HI/c1-3-9-17-14(16)18-10-11(4-2)19-13-8-6-5-7-12(13)15;/h5-8,11H,3-4,9-10H2,1-2H3,(H3,16,17,18);1H.